The molecule has 0 bridgehead atoms. The van der Waals surface area contributed by atoms with Crippen LogP contribution in [0.4, 0.5) is 8.78 Å². The van der Waals surface area contributed by atoms with E-state index in [4.69, 9.17) is 0 Å². The molecule has 2 aromatic carbocycles. The molecule has 0 aliphatic carbocycles. The van der Waals surface area contributed by atoms with E-state index in [9.17, 15) is 13.6 Å². The van der Waals surface area contributed by atoms with Gasteiger partial charge in [0.25, 0.3) is 5.91 Å². The molecule has 0 saturated carbocycles. The van der Waals surface area contributed by atoms with Gasteiger partial charge in [0.05, 0.1) is 6.54 Å². The van der Waals surface area contributed by atoms with Crippen LogP contribution in [0.25, 0.3) is 0 Å². The number of rotatable bonds is 9. The van der Waals surface area contributed by atoms with Crippen LogP contribution in [0.3, 0.4) is 0 Å². The Bertz CT molecular complexity index is 878. The number of carbonyl (C=O) groups is 1. The van der Waals surface area contributed by atoms with Crippen molar-refractivity contribution in [2.45, 2.75) is 40.5 Å². The van der Waals surface area contributed by atoms with Gasteiger partial charge in [0.1, 0.15) is 5.75 Å². The molecule has 2 aromatic rings. The van der Waals surface area contributed by atoms with Crippen molar-refractivity contribution in [1.82, 2.24) is 16.0 Å². The minimum Gasteiger partial charge on any atom is -0.434 e. The van der Waals surface area contributed by atoms with Crippen LogP contribution in [-0.2, 0) is 13.1 Å². The molecular formula is C22H29F2IN4O2. The minimum absolute atomic E-state index is 0. The third kappa shape index (κ3) is 9.07. The van der Waals surface area contributed by atoms with E-state index in [1.165, 1.54) is 6.07 Å². The Hall–Kier alpha value is -2.43. The second-order valence-corrected chi connectivity index (χ2v) is 6.60. The SMILES string of the molecule is CCNC(=O)c1cccc(CN=C(NCC)NCc2cc(C)ccc2OC(F)F)c1.I. The fraction of sp³-hybridized carbons (Fsp3) is 0.364. The molecule has 0 aliphatic heterocycles. The Labute approximate surface area is 198 Å². The molecule has 0 saturated heterocycles. The molecule has 31 heavy (non-hydrogen) atoms. The summed E-state index contributed by atoms with van der Waals surface area (Å²) in [4.78, 5) is 16.5. The molecule has 1 amide bonds. The number of aliphatic imine (C=N–C) groups is 1. The van der Waals surface area contributed by atoms with E-state index in [1.807, 2.05) is 32.9 Å². The Balaban J connectivity index is 0.00000480. The number of amides is 1. The monoisotopic (exact) mass is 546 g/mol. The lowest BCUT2D eigenvalue weighted by Gasteiger charge is -2.15. The molecule has 0 fully saturated rings. The number of nitrogens with zero attached hydrogens (tertiary/aromatic N) is 1. The van der Waals surface area contributed by atoms with Crippen molar-refractivity contribution >= 4 is 35.8 Å². The van der Waals surface area contributed by atoms with E-state index in [0.29, 0.717) is 36.7 Å². The lowest BCUT2D eigenvalue weighted by molar-refractivity contribution is -0.0504. The molecule has 9 heteroatoms. The summed E-state index contributed by atoms with van der Waals surface area (Å²) in [6, 6.07) is 12.3. The van der Waals surface area contributed by atoms with Crippen molar-refractivity contribution < 1.29 is 18.3 Å². The molecule has 2 rings (SSSR count). The first kappa shape index (κ1) is 26.6. The van der Waals surface area contributed by atoms with Crippen molar-refractivity contribution in [3.63, 3.8) is 0 Å². The lowest BCUT2D eigenvalue weighted by atomic mass is 10.1. The van der Waals surface area contributed by atoms with Crippen LogP contribution in [-0.4, -0.2) is 31.6 Å². The second kappa shape index (κ2) is 13.8. The highest BCUT2D eigenvalue weighted by Gasteiger charge is 2.11. The van der Waals surface area contributed by atoms with Gasteiger partial charge < -0.3 is 20.7 Å². The first-order valence-electron chi connectivity index (χ1n) is 9.86. The van der Waals surface area contributed by atoms with Crippen LogP contribution >= 0.6 is 24.0 Å². The van der Waals surface area contributed by atoms with Crippen LogP contribution in [0.15, 0.2) is 47.5 Å². The van der Waals surface area contributed by atoms with Crippen molar-refractivity contribution in [3.05, 3.63) is 64.7 Å². The van der Waals surface area contributed by atoms with Crippen LogP contribution < -0.4 is 20.7 Å². The predicted molar refractivity (Wildman–Crippen MR) is 129 cm³/mol. The molecule has 3 N–H and O–H groups in total. The number of carbonyl (C=O) groups excluding carboxylic acids is 1. The van der Waals surface area contributed by atoms with E-state index >= 15 is 0 Å². The fourth-order valence-electron chi connectivity index (χ4n) is 2.82. The molecule has 0 atom stereocenters. The Kier molecular flexibility index (Phi) is 11.8. The van der Waals surface area contributed by atoms with E-state index in [2.05, 4.69) is 25.7 Å². The molecule has 0 aliphatic rings. The normalized spacial score (nSPS) is 11.0. The lowest BCUT2D eigenvalue weighted by Crippen LogP contribution is -2.37. The largest absolute Gasteiger partial charge is 0.434 e. The number of guanidine groups is 1. The fourth-order valence-corrected chi connectivity index (χ4v) is 2.82. The Morgan fingerprint density at radius 1 is 1.06 bits per heavy atom. The number of benzene rings is 2. The van der Waals surface area contributed by atoms with E-state index in [-0.39, 0.29) is 42.2 Å². The number of nitrogens with one attached hydrogen (secondary N) is 3. The Morgan fingerprint density at radius 2 is 1.81 bits per heavy atom. The third-order valence-corrected chi connectivity index (χ3v) is 4.17. The number of hydrogen-bond acceptors (Lipinski definition) is 3. The first-order valence-corrected chi connectivity index (χ1v) is 9.86. The molecule has 0 unspecified atom stereocenters. The molecule has 0 spiro atoms. The van der Waals surface area contributed by atoms with E-state index in [0.717, 1.165) is 11.1 Å². The summed E-state index contributed by atoms with van der Waals surface area (Å²) in [6.07, 6.45) is 0. The molecule has 0 radical (unpaired) electrons. The van der Waals surface area contributed by atoms with Crippen molar-refractivity contribution in [1.29, 1.82) is 0 Å². The molecular weight excluding hydrogens is 517 g/mol. The zero-order chi connectivity index (χ0) is 21.9. The topological polar surface area (TPSA) is 74.8 Å². The van der Waals surface area contributed by atoms with E-state index in [1.54, 1.807) is 24.3 Å². The number of aryl methyl sites for hydroxylation is 1. The maximum atomic E-state index is 12.7. The Morgan fingerprint density at radius 3 is 2.48 bits per heavy atom. The smallest absolute Gasteiger partial charge is 0.387 e. The van der Waals surface area contributed by atoms with Crippen LogP contribution in [0.1, 0.15) is 40.9 Å². The van der Waals surface area contributed by atoms with Gasteiger partial charge in [-0.15, -0.1) is 24.0 Å². The van der Waals surface area contributed by atoms with E-state index < -0.39 is 6.61 Å². The highest BCUT2D eigenvalue weighted by atomic mass is 127. The van der Waals surface area contributed by atoms with Crippen LogP contribution in [0, 0.1) is 6.92 Å². The van der Waals surface area contributed by atoms with Crippen LogP contribution in [0.2, 0.25) is 0 Å². The predicted octanol–water partition coefficient (Wildman–Crippen LogP) is 4.22. The van der Waals surface area contributed by atoms with Gasteiger partial charge in [-0.05, 0) is 44.5 Å². The van der Waals surface area contributed by atoms with Crippen molar-refractivity contribution in [3.8, 4) is 5.75 Å². The van der Waals surface area contributed by atoms with Gasteiger partial charge in [-0.1, -0.05) is 29.8 Å². The van der Waals surface area contributed by atoms with Gasteiger partial charge in [-0.25, -0.2) is 4.99 Å². The summed E-state index contributed by atoms with van der Waals surface area (Å²) >= 11 is 0. The molecule has 6 nitrogen and oxygen atoms in total. The van der Waals surface area contributed by atoms with Gasteiger partial charge in [0.15, 0.2) is 5.96 Å². The standard InChI is InChI=1S/C22H28F2N4O2.HI/c1-4-25-20(29)17-8-6-7-16(12-17)13-27-22(26-5-2)28-14-18-11-15(3)9-10-19(18)30-21(23)24;/h6-12,21H,4-5,13-14H2,1-3H3,(H,25,29)(H2,26,27,28);1H. The van der Waals surface area contributed by atoms with Gasteiger partial charge in [-0.3, -0.25) is 4.79 Å². The summed E-state index contributed by atoms with van der Waals surface area (Å²) in [7, 11) is 0. The summed E-state index contributed by atoms with van der Waals surface area (Å²) in [5.41, 5.74) is 3.01. The highest BCUT2D eigenvalue weighted by molar-refractivity contribution is 14.0. The highest BCUT2D eigenvalue weighted by Crippen LogP contribution is 2.22. The third-order valence-electron chi connectivity index (χ3n) is 4.17. The average molecular weight is 546 g/mol. The van der Waals surface area contributed by atoms with Gasteiger partial charge in [0.2, 0.25) is 0 Å². The summed E-state index contributed by atoms with van der Waals surface area (Å²) in [5.74, 6) is 0.540. The quantitative estimate of drug-likeness (QED) is 0.250. The molecule has 170 valence electrons. The van der Waals surface area contributed by atoms with Gasteiger partial charge in [-0.2, -0.15) is 8.78 Å². The summed E-state index contributed by atoms with van der Waals surface area (Å²) < 4.78 is 29.9. The number of alkyl halides is 2. The van der Waals surface area contributed by atoms with Crippen LogP contribution in [0.5, 0.6) is 5.75 Å². The summed E-state index contributed by atoms with van der Waals surface area (Å²) in [5, 5.41) is 9.04. The molecule has 0 heterocycles. The number of halogens is 3. The maximum Gasteiger partial charge on any atom is 0.387 e. The second-order valence-electron chi connectivity index (χ2n) is 6.60. The average Bonchev–Trinajstić information content (AvgIpc) is 2.72. The molecule has 0 aromatic heterocycles. The van der Waals surface area contributed by atoms with Crippen molar-refractivity contribution in [2.24, 2.45) is 4.99 Å². The summed E-state index contributed by atoms with van der Waals surface area (Å²) in [6.45, 7) is 4.63. The minimum atomic E-state index is -2.88. The zero-order valence-electron chi connectivity index (χ0n) is 17.9. The zero-order valence-corrected chi connectivity index (χ0v) is 20.2. The maximum absolute atomic E-state index is 12.7. The number of ether oxygens (including phenoxy) is 1. The van der Waals surface area contributed by atoms with Crippen molar-refractivity contribution in [2.75, 3.05) is 13.1 Å². The van der Waals surface area contributed by atoms with Gasteiger partial charge in [0, 0.05) is 30.8 Å². The number of hydrogen-bond donors (Lipinski definition) is 3. The first-order chi connectivity index (χ1) is 14.4. The van der Waals surface area contributed by atoms with Gasteiger partial charge >= 0.3 is 6.61 Å².